The van der Waals surface area contributed by atoms with E-state index in [-0.39, 0.29) is 23.7 Å². The topological polar surface area (TPSA) is 99.2 Å². The Morgan fingerprint density at radius 3 is 2.82 bits per heavy atom. The lowest BCUT2D eigenvalue weighted by Crippen LogP contribution is -2.49. The number of nitrogens with two attached hydrogens (primary N) is 1. The summed E-state index contributed by atoms with van der Waals surface area (Å²) in [5, 5.41) is 7.06. The Morgan fingerprint density at radius 2 is 2.23 bits per heavy atom. The van der Waals surface area contributed by atoms with Gasteiger partial charge in [0, 0.05) is 38.9 Å². The standard InChI is InChI=1S/C15H22N4O3/c1-19-8-10(7-18-19)11-6-12(11)13(20)17-9-15(14(16)21)2-4-22-5-3-15/h7-8,11-12H,2-6,9H2,1H3,(H2,16,21)(H,17,20)/t11-,12-/m1/s1. The monoisotopic (exact) mass is 306 g/mol. The van der Waals surface area contributed by atoms with Crippen LogP contribution in [0.2, 0.25) is 0 Å². The van der Waals surface area contributed by atoms with Crippen LogP contribution >= 0.6 is 0 Å². The average molecular weight is 306 g/mol. The summed E-state index contributed by atoms with van der Waals surface area (Å²) in [4.78, 5) is 24.0. The van der Waals surface area contributed by atoms with Gasteiger partial charge in [0.05, 0.1) is 11.6 Å². The number of amides is 2. The molecule has 2 atom stereocenters. The highest BCUT2D eigenvalue weighted by Gasteiger charge is 2.46. The van der Waals surface area contributed by atoms with Crippen LogP contribution in [0.5, 0.6) is 0 Å². The summed E-state index contributed by atoms with van der Waals surface area (Å²) < 4.78 is 7.03. The number of ether oxygens (including phenoxy) is 1. The maximum atomic E-state index is 12.3. The minimum Gasteiger partial charge on any atom is -0.381 e. The van der Waals surface area contributed by atoms with Crippen molar-refractivity contribution in [2.45, 2.75) is 25.2 Å². The Hall–Kier alpha value is -1.89. The normalized spacial score (nSPS) is 26.4. The number of nitrogens with zero attached hydrogens (tertiary/aromatic N) is 2. The van der Waals surface area contributed by atoms with Gasteiger partial charge in [-0.25, -0.2) is 0 Å². The number of hydrogen-bond acceptors (Lipinski definition) is 4. The summed E-state index contributed by atoms with van der Waals surface area (Å²) in [7, 11) is 1.86. The first-order chi connectivity index (χ1) is 10.5. The van der Waals surface area contributed by atoms with E-state index in [9.17, 15) is 9.59 Å². The predicted octanol–water partition coefficient (Wildman–Crippen LogP) is -0.0781. The molecule has 0 aromatic carbocycles. The van der Waals surface area contributed by atoms with Crippen LogP contribution < -0.4 is 11.1 Å². The van der Waals surface area contributed by atoms with Gasteiger partial charge in [0.15, 0.2) is 0 Å². The number of aryl methyl sites for hydroxylation is 1. The molecule has 0 unspecified atom stereocenters. The van der Waals surface area contributed by atoms with Crippen molar-refractivity contribution in [1.29, 1.82) is 0 Å². The van der Waals surface area contributed by atoms with E-state index in [2.05, 4.69) is 10.4 Å². The molecule has 7 heteroatoms. The van der Waals surface area contributed by atoms with Crippen molar-refractivity contribution in [1.82, 2.24) is 15.1 Å². The van der Waals surface area contributed by atoms with Gasteiger partial charge in [-0.05, 0) is 30.7 Å². The fraction of sp³-hybridized carbons (Fsp3) is 0.667. The summed E-state index contributed by atoms with van der Waals surface area (Å²) in [5.74, 6) is -0.126. The van der Waals surface area contributed by atoms with Crippen molar-refractivity contribution in [2.24, 2.45) is 24.1 Å². The number of carbonyl (C=O) groups is 2. The molecular weight excluding hydrogens is 284 g/mol. The van der Waals surface area contributed by atoms with Crippen LogP contribution in [-0.4, -0.2) is 41.4 Å². The summed E-state index contributed by atoms with van der Waals surface area (Å²) in [6.07, 6.45) is 5.73. The molecule has 1 saturated heterocycles. The first-order valence-electron chi connectivity index (χ1n) is 7.66. The third-order valence-corrected chi connectivity index (χ3v) is 4.85. The zero-order valence-electron chi connectivity index (χ0n) is 12.7. The van der Waals surface area contributed by atoms with E-state index in [4.69, 9.17) is 10.5 Å². The van der Waals surface area contributed by atoms with E-state index in [1.807, 2.05) is 13.2 Å². The van der Waals surface area contributed by atoms with E-state index in [0.717, 1.165) is 12.0 Å². The Labute approximate surface area is 129 Å². The Balaban J connectivity index is 1.55. The molecule has 0 bridgehead atoms. The fourth-order valence-electron chi connectivity index (χ4n) is 3.14. The first kappa shape index (κ1) is 15.0. The lowest BCUT2D eigenvalue weighted by Gasteiger charge is -2.34. The summed E-state index contributed by atoms with van der Waals surface area (Å²) in [6.45, 7) is 1.34. The lowest BCUT2D eigenvalue weighted by molar-refractivity contribution is -0.134. The number of nitrogens with one attached hydrogen (secondary N) is 1. The third-order valence-electron chi connectivity index (χ3n) is 4.85. The highest BCUT2D eigenvalue weighted by molar-refractivity contribution is 5.85. The van der Waals surface area contributed by atoms with Gasteiger partial charge in [0.25, 0.3) is 0 Å². The minimum atomic E-state index is -0.660. The van der Waals surface area contributed by atoms with Gasteiger partial charge in [0.2, 0.25) is 11.8 Å². The molecule has 2 aliphatic rings. The maximum absolute atomic E-state index is 12.3. The van der Waals surface area contributed by atoms with Crippen molar-refractivity contribution in [3.63, 3.8) is 0 Å². The maximum Gasteiger partial charge on any atom is 0.225 e. The molecule has 1 saturated carbocycles. The van der Waals surface area contributed by atoms with Crippen LogP contribution in [0.15, 0.2) is 12.4 Å². The highest BCUT2D eigenvalue weighted by atomic mass is 16.5. The fourth-order valence-corrected chi connectivity index (χ4v) is 3.14. The molecule has 120 valence electrons. The summed E-state index contributed by atoms with van der Waals surface area (Å²) in [6, 6.07) is 0. The Kier molecular flexibility index (Phi) is 3.90. The number of primary amides is 1. The van der Waals surface area contributed by atoms with Crippen molar-refractivity contribution >= 4 is 11.8 Å². The second kappa shape index (κ2) is 5.72. The quantitative estimate of drug-likeness (QED) is 0.795. The largest absolute Gasteiger partial charge is 0.381 e. The lowest BCUT2D eigenvalue weighted by atomic mass is 9.79. The second-order valence-electron chi connectivity index (χ2n) is 6.37. The zero-order valence-corrected chi connectivity index (χ0v) is 12.7. The van der Waals surface area contributed by atoms with E-state index >= 15 is 0 Å². The first-order valence-corrected chi connectivity index (χ1v) is 7.66. The SMILES string of the molecule is Cn1cc([C@H]2C[C@H]2C(=O)NCC2(C(N)=O)CCOCC2)cn1. The highest BCUT2D eigenvalue weighted by Crippen LogP contribution is 2.47. The number of rotatable bonds is 5. The molecule has 2 fully saturated rings. The van der Waals surface area contributed by atoms with Gasteiger partial charge < -0.3 is 15.8 Å². The second-order valence-corrected chi connectivity index (χ2v) is 6.37. The van der Waals surface area contributed by atoms with E-state index in [1.165, 1.54) is 0 Å². The number of hydrogen-bond donors (Lipinski definition) is 2. The molecule has 0 radical (unpaired) electrons. The Morgan fingerprint density at radius 1 is 1.50 bits per heavy atom. The average Bonchev–Trinajstić information content (AvgIpc) is 3.20. The van der Waals surface area contributed by atoms with Crippen LogP contribution in [0, 0.1) is 11.3 Å². The van der Waals surface area contributed by atoms with Crippen LogP contribution in [0.1, 0.15) is 30.7 Å². The van der Waals surface area contributed by atoms with Crippen LogP contribution in [-0.2, 0) is 21.4 Å². The molecule has 3 N–H and O–H groups in total. The van der Waals surface area contributed by atoms with Crippen molar-refractivity contribution in [2.75, 3.05) is 19.8 Å². The van der Waals surface area contributed by atoms with Crippen molar-refractivity contribution < 1.29 is 14.3 Å². The van der Waals surface area contributed by atoms with Crippen molar-refractivity contribution in [3.05, 3.63) is 18.0 Å². The van der Waals surface area contributed by atoms with Crippen LogP contribution in [0.4, 0.5) is 0 Å². The van der Waals surface area contributed by atoms with Gasteiger partial charge in [-0.15, -0.1) is 0 Å². The molecule has 1 aliphatic heterocycles. The number of carbonyl (C=O) groups excluding carboxylic acids is 2. The van der Waals surface area contributed by atoms with Gasteiger partial charge in [-0.3, -0.25) is 14.3 Å². The molecule has 1 aromatic rings. The zero-order chi connectivity index (χ0) is 15.7. The molecule has 2 amide bonds. The molecule has 1 aliphatic carbocycles. The van der Waals surface area contributed by atoms with Gasteiger partial charge in [-0.2, -0.15) is 5.10 Å². The Bertz CT molecular complexity index is 577. The van der Waals surface area contributed by atoms with Crippen LogP contribution in [0.3, 0.4) is 0 Å². The molecule has 1 aromatic heterocycles. The molecule has 3 rings (SSSR count). The van der Waals surface area contributed by atoms with Gasteiger partial charge in [0.1, 0.15) is 0 Å². The van der Waals surface area contributed by atoms with Crippen LogP contribution in [0.25, 0.3) is 0 Å². The molecule has 0 spiro atoms. The molecule has 22 heavy (non-hydrogen) atoms. The van der Waals surface area contributed by atoms with Crippen molar-refractivity contribution in [3.8, 4) is 0 Å². The summed E-state index contributed by atoms with van der Waals surface area (Å²) >= 11 is 0. The van der Waals surface area contributed by atoms with E-state index in [0.29, 0.717) is 32.6 Å². The van der Waals surface area contributed by atoms with E-state index in [1.54, 1.807) is 10.9 Å². The number of aromatic nitrogens is 2. The van der Waals surface area contributed by atoms with Gasteiger partial charge >= 0.3 is 0 Å². The predicted molar refractivity (Wildman–Crippen MR) is 78.7 cm³/mol. The molecule has 2 heterocycles. The molecule has 7 nitrogen and oxygen atoms in total. The van der Waals surface area contributed by atoms with Gasteiger partial charge in [-0.1, -0.05) is 0 Å². The smallest absolute Gasteiger partial charge is 0.225 e. The summed E-state index contributed by atoms with van der Waals surface area (Å²) in [5.41, 5.74) is 5.98. The third kappa shape index (κ3) is 2.85. The molecular formula is C15H22N4O3. The van der Waals surface area contributed by atoms with E-state index < -0.39 is 5.41 Å². The minimum absolute atomic E-state index is 0.000898.